The van der Waals surface area contributed by atoms with Crippen molar-refractivity contribution in [1.29, 1.82) is 0 Å². The van der Waals surface area contributed by atoms with Crippen LogP contribution < -0.4 is 5.32 Å². The summed E-state index contributed by atoms with van der Waals surface area (Å²) in [5.74, 6) is 0. The first kappa shape index (κ1) is 10.7. The van der Waals surface area contributed by atoms with Crippen molar-refractivity contribution < 1.29 is 4.74 Å². The molecule has 1 N–H and O–H groups in total. The zero-order chi connectivity index (χ0) is 11.7. The van der Waals surface area contributed by atoms with E-state index in [9.17, 15) is 0 Å². The molecule has 17 heavy (non-hydrogen) atoms. The van der Waals surface area contributed by atoms with Gasteiger partial charge in [-0.1, -0.05) is 30.0 Å². The van der Waals surface area contributed by atoms with Crippen molar-refractivity contribution in [3.8, 4) is 0 Å². The maximum atomic E-state index is 5.15. The van der Waals surface area contributed by atoms with Crippen LogP contribution in [-0.4, -0.2) is 7.11 Å². The summed E-state index contributed by atoms with van der Waals surface area (Å²) in [6.45, 7) is 0.654. The largest absolute Gasteiger partial charge is 0.380 e. The standard InChI is InChI=1S/C14H13NOS/c1-16-9-10-6-7-14-12(8-10)15-11-4-2-3-5-13(11)17-14/h2-8,15H,9H2,1H3. The minimum atomic E-state index is 0.654. The second-order valence-corrected chi connectivity index (χ2v) is 5.07. The number of nitrogens with one attached hydrogen (secondary N) is 1. The van der Waals surface area contributed by atoms with E-state index in [1.165, 1.54) is 26.7 Å². The van der Waals surface area contributed by atoms with E-state index in [-0.39, 0.29) is 0 Å². The summed E-state index contributed by atoms with van der Waals surface area (Å²) in [6, 6.07) is 14.8. The van der Waals surface area contributed by atoms with Gasteiger partial charge in [-0.15, -0.1) is 0 Å². The van der Waals surface area contributed by atoms with Crippen molar-refractivity contribution >= 4 is 23.1 Å². The highest BCUT2D eigenvalue weighted by Crippen LogP contribution is 2.44. The summed E-state index contributed by atoms with van der Waals surface area (Å²) in [6.07, 6.45) is 0. The van der Waals surface area contributed by atoms with E-state index in [4.69, 9.17) is 4.74 Å². The van der Waals surface area contributed by atoms with Crippen molar-refractivity contribution in [2.24, 2.45) is 0 Å². The van der Waals surface area contributed by atoms with Gasteiger partial charge in [0.1, 0.15) is 0 Å². The highest BCUT2D eigenvalue weighted by Gasteiger charge is 2.14. The Morgan fingerprint density at radius 2 is 1.88 bits per heavy atom. The van der Waals surface area contributed by atoms with E-state index in [1.54, 1.807) is 18.9 Å². The quantitative estimate of drug-likeness (QED) is 0.734. The number of ether oxygens (including phenoxy) is 1. The molecule has 3 rings (SSSR count). The molecule has 1 aliphatic rings. The van der Waals surface area contributed by atoms with Crippen LogP contribution in [0.15, 0.2) is 52.3 Å². The van der Waals surface area contributed by atoms with Crippen LogP contribution in [0.5, 0.6) is 0 Å². The van der Waals surface area contributed by atoms with Crippen LogP contribution in [0.3, 0.4) is 0 Å². The Morgan fingerprint density at radius 3 is 2.76 bits per heavy atom. The smallest absolute Gasteiger partial charge is 0.0713 e. The lowest BCUT2D eigenvalue weighted by Gasteiger charge is -2.21. The molecule has 0 saturated carbocycles. The van der Waals surface area contributed by atoms with Crippen molar-refractivity contribution in [3.05, 3.63) is 48.0 Å². The molecule has 1 heterocycles. The molecule has 2 aromatic rings. The maximum Gasteiger partial charge on any atom is 0.0713 e. The number of benzene rings is 2. The third kappa shape index (κ3) is 2.04. The molecule has 0 amide bonds. The lowest BCUT2D eigenvalue weighted by Crippen LogP contribution is -2.00. The van der Waals surface area contributed by atoms with Crippen LogP contribution in [0.25, 0.3) is 0 Å². The van der Waals surface area contributed by atoms with Crippen molar-refractivity contribution in [2.75, 3.05) is 12.4 Å². The second-order valence-electron chi connectivity index (χ2n) is 3.99. The van der Waals surface area contributed by atoms with Crippen LogP contribution in [0.4, 0.5) is 11.4 Å². The zero-order valence-electron chi connectivity index (χ0n) is 9.57. The summed E-state index contributed by atoms with van der Waals surface area (Å²) in [5.41, 5.74) is 3.54. The van der Waals surface area contributed by atoms with E-state index in [0.29, 0.717) is 6.61 Å². The number of methoxy groups -OCH3 is 1. The van der Waals surface area contributed by atoms with Gasteiger partial charge in [-0.25, -0.2) is 0 Å². The van der Waals surface area contributed by atoms with Gasteiger partial charge in [-0.3, -0.25) is 0 Å². The van der Waals surface area contributed by atoms with E-state index in [2.05, 4.69) is 47.8 Å². The highest BCUT2D eigenvalue weighted by molar-refractivity contribution is 7.99. The van der Waals surface area contributed by atoms with Crippen LogP contribution >= 0.6 is 11.8 Å². The molecule has 0 aromatic heterocycles. The first-order valence-corrected chi connectivity index (χ1v) is 6.34. The average Bonchev–Trinajstić information content (AvgIpc) is 2.36. The molecule has 0 unspecified atom stereocenters. The van der Waals surface area contributed by atoms with Crippen molar-refractivity contribution in [1.82, 2.24) is 0 Å². The Hall–Kier alpha value is -1.45. The van der Waals surface area contributed by atoms with Gasteiger partial charge in [0.2, 0.25) is 0 Å². The predicted molar refractivity (Wildman–Crippen MR) is 71.0 cm³/mol. The molecular weight excluding hydrogens is 230 g/mol. The molecule has 0 radical (unpaired) electrons. The van der Waals surface area contributed by atoms with Gasteiger partial charge in [-0.05, 0) is 29.8 Å². The summed E-state index contributed by atoms with van der Waals surface area (Å²) in [7, 11) is 1.72. The Labute approximate surface area is 105 Å². The fraction of sp³-hybridized carbons (Fsp3) is 0.143. The van der Waals surface area contributed by atoms with Gasteiger partial charge in [-0.2, -0.15) is 0 Å². The molecule has 1 aliphatic heterocycles. The van der Waals surface area contributed by atoms with Gasteiger partial charge in [0.15, 0.2) is 0 Å². The lowest BCUT2D eigenvalue weighted by atomic mass is 10.2. The van der Waals surface area contributed by atoms with E-state index < -0.39 is 0 Å². The molecule has 0 aliphatic carbocycles. The van der Waals surface area contributed by atoms with Gasteiger partial charge < -0.3 is 10.1 Å². The Balaban J connectivity index is 1.97. The third-order valence-corrected chi connectivity index (χ3v) is 3.88. The molecule has 0 atom stereocenters. The molecule has 0 spiro atoms. The van der Waals surface area contributed by atoms with Gasteiger partial charge in [0.25, 0.3) is 0 Å². The Morgan fingerprint density at radius 1 is 1.06 bits per heavy atom. The van der Waals surface area contributed by atoms with Gasteiger partial charge in [0, 0.05) is 16.9 Å². The minimum absolute atomic E-state index is 0.654. The normalized spacial score (nSPS) is 12.5. The predicted octanol–water partition coefficient (Wildman–Crippen LogP) is 4.04. The fourth-order valence-electron chi connectivity index (χ4n) is 1.94. The first-order valence-electron chi connectivity index (χ1n) is 5.52. The Kier molecular flexibility index (Phi) is 2.79. The molecule has 2 aromatic carbocycles. The van der Waals surface area contributed by atoms with Crippen LogP contribution in [0, 0.1) is 0 Å². The zero-order valence-corrected chi connectivity index (χ0v) is 10.4. The van der Waals surface area contributed by atoms with E-state index in [0.717, 1.165) is 0 Å². The molecule has 0 bridgehead atoms. The SMILES string of the molecule is COCc1ccc2c(c1)Nc1ccccc1S2. The third-order valence-electron chi connectivity index (χ3n) is 2.73. The van der Waals surface area contributed by atoms with Gasteiger partial charge >= 0.3 is 0 Å². The lowest BCUT2D eigenvalue weighted by molar-refractivity contribution is 0.185. The van der Waals surface area contributed by atoms with Crippen molar-refractivity contribution in [2.45, 2.75) is 16.4 Å². The number of hydrogen-bond donors (Lipinski definition) is 1. The topological polar surface area (TPSA) is 21.3 Å². The molecule has 2 nitrogen and oxygen atoms in total. The average molecular weight is 243 g/mol. The van der Waals surface area contributed by atoms with E-state index >= 15 is 0 Å². The summed E-state index contributed by atoms with van der Waals surface area (Å²) in [4.78, 5) is 2.54. The van der Waals surface area contributed by atoms with Crippen LogP contribution in [0.1, 0.15) is 5.56 Å². The van der Waals surface area contributed by atoms with E-state index in [1.807, 2.05) is 0 Å². The fourth-order valence-corrected chi connectivity index (χ4v) is 2.91. The highest BCUT2D eigenvalue weighted by atomic mass is 32.2. The molecule has 3 heteroatoms. The maximum absolute atomic E-state index is 5.15. The summed E-state index contributed by atoms with van der Waals surface area (Å²) < 4.78 is 5.15. The molecular formula is C14H13NOS. The van der Waals surface area contributed by atoms with Crippen LogP contribution in [0.2, 0.25) is 0 Å². The number of hydrogen-bond acceptors (Lipinski definition) is 3. The molecule has 0 fully saturated rings. The second kappa shape index (κ2) is 4.43. The number of anilines is 2. The van der Waals surface area contributed by atoms with Crippen LogP contribution in [-0.2, 0) is 11.3 Å². The first-order chi connectivity index (χ1) is 8.36. The number of rotatable bonds is 2. The van der Waals surface area contributed by atoms with Crippen molar-refractivity contribution in [3.63, 3.8) is 0 Å². The number of fused-ring (bicyclic) bond motifs is 2. The Bertz CT molecular complexity index is 554. The number of para-hydroxylation sites is 1. The van der Waals surface area contributed by atoms with Gasteiger partial charge in [0.05, 0.1) is 18.0 Å². The summed E-state index contributed by atoms with van der Waals surface area (Å²) >= 11 is 1.81. The minimum Gasteiger partial charge on any atom is -0.380 e. The monoisotopic (exact) mass is 243 g/mol. The summed E-state index contributed by atoms with van der Waals surface area (Å²) in [5, 5.41) is 3.46. The molecule has 86 valence electrons. The molecule has 0 saturated heterocycles.